The highest BCUT2D eigenvalue weighted by molar-refractivity contribution is 4.98. The molecular weight excluding hydrogens is 774 g/mol. The second-order valence-electron chi connectivity index (χ2n) is 14.3. The Morgan fingerprint density at radius 2 is 0.877 bits per heavy atom. The number of hydrogen-bond acceptors (Lipinski definition) is 22. The van der Waals surface area contributed by atoms with Crippen LogP contribution in [-0.4, -0.2) is 231 Å². The van der Waals surface area contributed by atoms with Crippen LogP contribution in [0.15, 0.2) is 5.11 Å². The van der Waals surface area contributed by atoms with E-state index in [0.29, 0.717) is 13.0 Å². The summed E-state index contributed by atoms with van der Waals surface area (Å²) in [5.74, 6) is 0. The van der Waals surface area contributed by atoms with Crippen molar-refractivity contribution in [3.8, 4) is 0 Å². The van der Waals surface area contributed by atoms with E-state index in [4.69, 9.17) is 48.2 Å². The van der Waals surface area contributed by atoms with E-state index in [1.165, 1.54) is 0 Å². The van der Waals surface area contributed by atoms with Crippen LogP contribution in [0.3, 0.4) is 0 Å². The number of nitrogens with zero attached hydrogens (tertiary/aromatic N) is 3. The fourth-order valence-electron chi connectivity index (χ4n) is 7.13. The maximum absolute atomic E-state index is 11.5. The maximum atomic E-state index is 11.5. The van der Waals surface area contributed by atoms with Crippen LogP contribution < -0.4 is 0 Å². The Balaban J connectivity index is 1.47. The van der Waals surface area contributed by atoms with Crippen molar-refractivity contribution in [3.05, 3.63) is 10.4 Å². The molecule has 24 nitrogen and oxygen atoms in total. The zero-order valence-corrected chi connectivity index (χ0v) is 31.4. The Morgan fingerprint density at radius 1 is 0.474 bits per heavy atom. The minimum atomic E-state index is -2.03. The third kappa shape index (κ3) is 11.9. The van der Waals surface area contributed by atoms with Crippen molar-refractivity contribution in [2.75, 3.05) is 46.7 Å². The molecule has 12 N–H and O–H groups in total. The predicted octanol–water partition coefficient (Wildman–Crippen LogP) is -5.42. The number of unbranched alkanes of at least 4 members (excludes halogenated alkanes) is 5. The molecule has 0 bridgehead atoms. The molecule has 0 aromatic heterocycles. The Bertz CT molecular complexity index is 1210. The topological polar surface area (TPSA) is 375 Å². The second-order valence-corrected chi connectivity index (χ2v) is 14.3. The molecule has 0 saturated carbocycles. The summed E-state index contributed by atoms with van der Waals surface area (Å²) in [6, 6.07) is 0. The van der Waals surface area contributed by atoms with Crippen LogP contribution in [0.2, 0.25) is 0 Å². The molecule has 0 aromatic carbocycles. The Hall–Kier alpha value is -1.53. The van der Waals surface area contributed by atoms with Gasteiger partial charge in [0, 0.05) is 25.2 Å². The number of hydrogen-bond donors (Lipinski definition) is 12. The molecule has 4 heterocycles. The van der Waals surface area contributed by atoms with Crippen LogP contribution >= 0.6 is 0 Å². The van der Waals surface area contributed by atoms with E-state index >= 15 is 0 Å². The van der Waals surface area contributed by atoms with Crippen LogP contribution in [0.25, 0.3) is 10.4 Å². The Labute approximate surface area is 327 Å². The Morgan fingerprint density at radius 3 is 1.40 bits per heavy atom. The summed E-state index contributed by atoms with van der Waals surface area (Å²) in [4.78, 5) is 2.71. The number of aliphatic hydroxyl groups is 12. The van der Waals surface area contributed by atoms with E-state index in [1.54, 1.807) is 0 Å². The summed E-state index contributed by atoms with van der Waals surface area (Å²) in [6.07, 6.45) is -29.0. The molecule has 0 amide bonds. The summed E-state index contributed by atoms with van der Waals surface area (Å²) in [5.41, 5.74) is 8.35. The second kappa shape index (κ2) is 23.5. The quantitative estimate of drug-likeness (QED) is 0.0222. The number of aliphatic hydroxyl groups excluding tert-OH is 12. The average molecular weight is 834 g/mol. The van der Waals surface area contributed by atoms with E-state index < -0.39 is 149 Å². The lowest BCUT2D eigenvalue weighted by Crippen LogP contribution is -2.68. The molecule has 24 heteroatoms. The minimum absolute atomic E-state index is 0.120. The molecular formula is C33H59N3O21. The van der Waals surface area contributed by atoms with E-state index in [-0.39, 0.29) is 6.61 Å². The van der Waals surface area contributed by atoms with Crippen molar-refractivity contribution in [1.82, 2.24) is 0 Å². The van der Waals surface area contributed by atoms with E-state index in [0.717, 1.165) is 39.2 Å². The smallest absolute Gasteiger partial charge is 0.187 e. The normalized spacial score (nSPS) is 44.1. The summed E-state index contributed by atoms with van der Waals surface area (Å²) in [7, 11) is 1.16. The van der Waals surface area contributed by atoms with Crippen LogP contribution in [0, 0.1) is 0 Å². The number of azide groups is 1. The SMILES string of the molecule is CO[C@@H]1[C@H](O)[C@@H](O[C@@H]2[C@@H](O[C@@H]3[C@H](O)[C@@H](O[C@@H]4[C@H](O)[C@@H](OCCCCCCCCN=[N+]=[N-])O[C@H](CO)[C@H]4O)O[C@H](CO)[C@H]3O)O[C@H](CO)[C@@H](O)[C@@H]2O)O[C@H](CO)[C@H]1O. The molecule has 4 aliphatic heterocycles. The van der Waals surface area contributed by atoms with Crippen LogP contribution in [0.1, 0.15) is 38.5 Å². The van der Waals surface area contributed by atoms with Gasteiger partial charge in [0.2, 0.25) is 0 Å². The van der Waals surface area contributed by atoms with Gasteiger partial charge in [-0.15, -0.1) is 0 Å². The van der Waals surface area contributed by atoms with Crippen molar-refractivity contribution >= 4 is 0 Å². The minimum Gasteiger partial charge on any atom is -0.394 e. The van der Waals surface area contributed by atoms with Gasteiger partial charge in [0.25, 0.3) is 0 Å². The highest BCUT2D eigenvalue weighted by atomic mass is 16.8. The summed E-state index contributed by atoms with van der Waals surface area (Å²) >= 11 is 0. The molecule has 0 spiro atoms. The Kier molecular flexibility index (Phi) is 19.8. The van der Waals surface area contributed by atoms with Gasteiger partial charge in [-0.05, 0) is 18.4 Å². The number of rotatable bonds is 21. The third-order valence-electron chi connectivity index (χ3n) is 10.4. The van der Waals surface area contributed by atoms with Gasteiger partial charge in [-0.1, -0.05) is 30.8 Å². The van der Waals surface area contributed by atoms with Crippen LogP contribution in [0.4, 0.5) is 0 Å². The standard InChI is InChI=1S/C33H59N3O21/c1-49-26-19(42)15(11-38)52-31(23(26)46)57-29-22(45)18(41)14(10-37)54-33(29)56-28-21(44)17(13-40)53-32(25(28)48)55-27-20(43)16(12-39)51-30(24(27)47)50-9-7-5-3-2-4-6-8-35-36-34/h14-33,37-48H,2-13H2,1H3/t14-,15-,16-,17-,18-,19-,20-,21-,22+,23+,24+,25+,26+,27+,28+,29+,30+,31-,32-,33-/m1/s1. The van der Waals surface area contributed by atoms with Crippen LogP contribution in [0.5, 0.6) is 0 Å². The molecule has 4 aliphatic rings. The van der Waals surface area contributed by atoms with Crippen molar-refractivity contribution in [2.45, 2.75) is 161 Å². The zero-order valence-electron chi connectivity index (χ0n) is 31.4. The third-order valence-corrected chi connectivity index (χ3v) is 10.4. The zero-order chi connectivity index (χ0) is 41.8. The van der Waals surface area contributed by atoms with Crippen LogP contribution in [-0.2, 0) is 42.6 Å². The molecule has 20 atom stereocenters. The molecule has 4 rings (SSSR count). The van der Waals surface area contributed by atoms with Gasteiger partial charge in [0.1, 0.15) is 97.7 Å². The predicted molar refractivity (Wildman–Crippen MR) is 184 cm³/mol. The molecule has 0 aliphatic carbocycles. The summed E-state index contributed by atoms with van der Waals surface area (Å²) < 4.78 is 50.7. The fraction of sp³-hybridized carbons (Fsp3) is 1.00. The molecule has 0 unspecified atom stereocenters. The molecule has 0 radical (unpaired) electrons. The highest BCUT2D eigenvalue weighted by Gasteiger charge is 2.56. The van der Waals surface area contributed by atoms with Crippen molar-refractivity contribution in [3.63, 3.8) is 0 Å². The first kappa shape index (κ1) is 48.1. The first-order valence-corrected chi connectivity index (χ1v) is 19.0. The molecule has 57 heavy (non-hydrogen) atoms. The fourth-order valence-corrected chi connectivity index (χ4v) is 7.13. The molecule has 332 valence electrons. The van der Waals surface area contributed by atoms with Gasteiger partial charge in [0.15, 0.2) is 25.2 Å². The van der Waals surface area contributed by atoms with E-state index in [1.807, 2.05) is 0 Å². The van der Waals surface area contributed by atoms with Gasteiger partial charge in [0.05, 0.1) is 26.4 Å². The van der Waals surface area contributed by atoms with Gasteiger partial charge in [-0.25, -0.2) is 0 Å². The van der Waals surface area contributed by atoms with E-state index in [2.05, 4.69) is 10.0 Å². The van der Waals surface area contributed by atoms with Gasteiger partial charge in [-0.2, -0.15) is 0 Å². The monoisotopic (exact) mass is 833 g/mol. The van der Waals surface area contributed by atoms with Gasteiger partial charge in [-0.3, -0.25) is 0 Å². The largest absolute Gasteiger partial charge is 0.394 e. The highest BCUT2D eigenvalue weighted by Crippen LogP contribution is 2.35. The first-order chi connectivity index (χ1) is 27.4. The van der Waals surface area contributed by atoms with Gasteiger partial charge < -0.3 is 104 Å². The number of ether oxygens (including phenoxy) is 9. The van der Waals surface area contributed by atoms with Crippen molar-refractivity contribution in [2.24, 2.45) is 5.11 Å². The number of methoxy groups -OCH3 is 1. The lowest BCUT2D eigenvalue weighted by atomic mass is 9.95. The first-order valence-electron chi connectivity index (χ1n) is 19.0. The summed E-state index contributed by atoms with van der Waals surface area (Å²) in [6.45, 7) is -2.68. The van der Waals surface area contributed by atoms with Crippen molar-refractivity contribution < 1.29 is 104 Å². The lowest BCUT2D eigenvalue weighted by molar-refractivity contribution is -0.397. The average Bonchev–Trinajstić information content (AvgIpc) is 3.20. The molecule has 4 saturated heterocycles. The molecule has 0 aromatic rings. The van der Waals surface area contributed by atoms with Gasteiger partial charge >= 0.3 is 0 Å². The molecule has 4 fully saturated rings. The maximum Gasteiger partial charge on any atom is 0.187 e. The summed E-state index contributed by atoms with van der Waals surface area (Å²) in [5, 5.41) is 131. The van der Waals surface area contributed by atoms with E-state index in [9.17, 15) is 61.3 Å². The lowest BCUT2D eigenvalue weighted by Gasteiger charge is -2.49. The van der Waals surface area contributed by atoms with Crippen molar-refractivity contribution in [1.29, 1.82) is 0 Å².